The molecule has 0 radical (unpaired) electrons. The van der Waals surface area contributed by atoms with Crippen LogP contribution in [0.3, 0.4) is 0 Å². The summed E-state index contributed by atoms with van der Waals surface area (Å²) in [6.45, 7) is 5.50. The van der Waals surface area contributed by atoms with Crippen molar-refractivity contribution in [2.45, 2.75) is 83.0 Å². The Kier molecular flexibility index (Phi) is 13.8. The van der Waals surface area contributed by atoms with Crippen LogP contribution in [0, 0.1) is 0 Å². The van der Waals surface area contributed by atoms with E-state index in [0.29, 0.717) is 56.2 Å². The molecular weight excluding hydrogens is 753 g/mol. The average molecular weight is 809 g/mol. The zero-order valence-corrected chi connectivity index (χ0v) is 34.5. The Morgan fingerprint density at radius 2 is 1.57 bits per heavy atom. The molecule has 11 nitrogen and oxygen atoms in total. The van der Waals surface area contributed by atoms with Crippen LogP contribution in [-0.4, -0.2) is 86.1 Å². The SMILES string of the molecule is CC1(C)C(C=CC=CC=C2C(CCCCS(=O)(=O)O)c3ccc(OCCCCCC(=O)O)cc3[N+]2(C)C)=[N+](CCCCS(=O)(=O)O)c2ccc3ccccc3c21. The molecule has 0 aromatic heterocycles. The highest BCUT2D eigenvalue weighted by Crippen LogP contribution is 2.50. The normalized spacial score (nSPS) is 18.4. The fourth-order valence-electron chi connectivity index (χ4n) is 8.26. The van der Waals surface area contributed by atoms with Crippen molar-refractivity contribution in [1.29, 1.82) is 0 Å². The summed E-state index contributed by atoms with van der Waals surface area (Å²) in [5, 5.41) is 11.2. The Morgan fingerprint density at radius 1 is 0.857 bits per heavy atom. The van der Waals surface area contributed by atoms with Crippen molar-refractivity contribution in [3.63, 3.8) is 0 Å². The van der Waals surface area contributed by atoms with Crippen LogP contribution >= 0.6 is 0 Å². The van der Waals surface area contributed by atoms with E-state index in [0.717, 1.165) is 52.3 Å². The number of carbonyl (C=O) groups is 1. The highest BCUT2D eigenvalue weighted by molar-refractivity contribution is 7.86. The lowest BCUT2D eigenvalue weighted by molar-refractivity contribution is -0.438. The molecule has 5 rings (SSSR count). The first-order valence-corrected chi connectivity index (χ1v) is 22.6. The summed E-state index contributed by atoms with van der Waals surface area (Å²) in [5.74, 6) is -0.587. The number of quaternary nitrogens is 1. The average Bonchev–Trinajstić information content (AvgIpc) is 3.46. The number of fused-ring (bicyclic) bond motifs is 4. The van der Waals surface area contributed by atoms with E-state index in [2.05, 4.69) is 81.1 Å². The summed E-state index contributed by atoms with van der Waals surface area (Å²) >= 11 is 0. The lowest BCUT2D eigenvalue weighted by atomic mass is 9.79. The Hall–Kier alpha value is -4.14. The summed E-state index contributed by atoms with van der Waals surface area (Å²) in [5.41, 5.74) is 6.41. The molecule has 0 saturated carbocycles. The number of benzene rings is 3. The van der Waals surface area contributed by atoms with Crippen LogP contribution < -0.4 is 9.22 Å². The standard InChI is InChI=1S/C43H54N2O9S2/c1-43(2)40(44(27-13-16-30-56(51,52)53)37-26-23-32-17-10-11-18-34(32)42(37)43)21-8-5-7-20-38-35(19-12-15-29-55(48,49)50)36-25-24-33(31-39(36)45(38,3)4)54-28-14-6-9-22-41(46)47/h5,7-8,10-11,17-18,20-21,23-26,31,35H,6,9,12-16,19,22,27-30H2,1-4H3,(H-2,46,47,48,49,50,51,52,53)/p+2. The van der Waals surface area contributed by atoms with Crippen molar-refractivity contribution in [1.82, 2.24) is 4.48 Å². The second-order valence-electron chi connectivity index (χ2n) is 15.7. The summed E-state index contributed by atoms with van der Waals surface area (Å²) in [4.78, 5) is 10.8. The predicted molar refractivity (Wildman–Crippen MR) is 223 cm³/mol. The van der Waals surface area contributed by atoms with Gasteiger partial charge < -0.3 is 9.84 Å². The molecule has 56 heavy (non-hydrogen) atoms. The van der Waals surface area contributed by atoms with Crippen LogP contribution in [0.25, 0.3) is 10.8 Å². The predicted octanol–water partition coefficient (Wildman–Crippen LogP) is 8.33. The van der Waals surface area contributed by atoms with Crippen molar-refractivity contribution in [2.24, 2.45) is 0 Å². The molecule has 0 amide bonds. The maximum atomic E-state index is 11.4. The number of carboxylic acid groups (broad SMARTS) is 1. The lowest BCUT2D eigenvalue weighted by Gasteiger charge is -2.27. The van der Waals surface area contributed by atoms with Crippen molar-refractivity contribution in [3.8, 4) is 5.75 Å². The second kappa shape index (κ2) is 18.0. The zero-order chi connectivity index (χ0) is 40.7. The molecule has 0 aliphatic carbocycles. The monoisotopic (exact) mass is 808 g/mol. The molecule has 0 spiro atoms. The number of unbranched alkanes of at least 4 members (excludes halogenated alkanes) is 4. The number of hydrogen-bond acceptors (Lipinski definition) is 6. The lowest BCUT2D eigenvalue weighted by Crippen LogP contribution is -2.37. The number of nitrogens with zero attached hydrogens (tertiary/aromatic N) is 2. The largest absolute Gasteiger partial charge is 0.493 e. The number of aliphatic carboxylic acids is 1. The van der Waals surface area contributed by atoms with Gasteiger partial charge in [-0.2, -0.15) is 21.4 Å². The van der Waals surface area contributed by atoms with Gasteiger partial charge in [-0.1, -0.05) is 48.9 Å². The zero-order valence-electron chi connectivity index (χ0n) is 32.9. The molecule has 3 N–H and O–H groups in total. The summed E-state index contributed by atoms with van der Waals surface area (Å²) < 4.78 is 73.2. The van der Waals surface area contributed by atoms with E-state index in [9.17, 15) is 30.7 Å². The Labute approximate surface area is 331 Å². The minimum atomic E-state index is -4.05. The number of ether oxygens (including phenoxy) is 1. The molecule has 2 aliphatic rings. The van der Waals surface area contributed by atoms with Gasteiger partial charge >= 0.3 is 5.97 Å². The highest BCUT2D eigenvalue weighted by atomic mass is 32.2. The van der Waals surface area contributed by atoms with Crippen molar-refractivity contribution in [3.05, 3.63) is 102 Å². The molecule has 13 heteroatoms. The van der Waals surface area contributed by atoms with Crippen molar-refractivity contribution < 1.29 is 45.2 Å². The number of rotatable bonds is 20. The van der Waals surface area contributed by atoms with Gasteiger partial charge in [-0.3, -0.25) is 18.4 Å². The molecule has 1 atom stereocenters. The number of hydrogen-bond donors (Lipinski definition) is 3. The Balaban J connectivity index is 1.40. The first kappa shape index (κ1) is 43.0. The third kappa shape index (κ3) is 10.6. The molecular formula is C43H56N2O9S2+2. The van der Waals surface area contributed by atoms with Crippen molar-refractivity contribution >= 4 is 54.1 Å². The molecule has 2 heterocycles. The van der Waals surface area contributed by atoms with Gasteiger partial charge in [-0.25, -0.2) is 0 Å². The fourth-order valence-corrected chi connectivity index (χ4v) is 9.40. The molecule has 3 aromatic rings. The van der Waals surface area contributed by atoms with E-state index in [1.807, 2.05) is 36.4 Å². The maximum absolute atomic E-state index is 11.4. The van der Waals surface area contributed by atoms with Gasteiger partial charge in [-0.15, -0.1) is 0 Å². The Bertz CT molecular complexity index is 2270. The molecule has 0 fully saturated rings. The summed E-state index contributed by atoms with van der Waals surface area (Å²) in [6, 6.07) is 18.7. The summed E-state index contributed by atoms with van der Waals surface area (Å²) in [7, 11) is -3.83. The third-order valence-electron chi connectivity index (χ3n) is 11.0. The second-order valence-corrected chi connectivity index (χ2v) is 18.9. The molecule has 1 unspecified atom stereocenters. The van der Waals surface area contributed by atoms with E-state index in [-0.39, 0.29) is 29.3 Å². The number of carboxylic acids is 1. The molecule has 3 aromatic carbocycles. The first-order valence-electron chi connectivity index (χ1n) is 19.4. The van der Waals surface area contributed by atoms with Gasteiger partial charge in [0, 0.05) is 42.2 Å². The van der Waals surface area contributed by atoms with Gasteiger partial charge in [0.1, 0.15) is 23.7 Å². The van der Waals surface area contributed by atoms with Gasteiger partial charge in [0.15, 0.2) is 5.71 Å². The topological polar surface area (TPSA) is 158 Å². The van der Waals surface area contributed by atoms with E-state index < -0.39 is 26.2 Å². The molecule has 0 saturated heterocycles. The van der Waals surface area contributed by atoms with Gasteiger partial charge in [0.2, 0.25) is 5.69 Å². The van der Waals surface area contributed by atoms with Crippen LogP contribution in [0.1, 0.15) is 88.7 Å². The molecule has 302 valence electrons. The van der Waals surface area contributed by atoms with Crippen LogP contribution in [0.5, 0.6) is 5.75 Å². The smallest absolute Gasteiger partial charge is 0.303 e. The van der Waals surface area contributed by atoms with Crippen LogP contribution in [-0.2, 0) is 30.4 Å². The van der Waals surface area contributed by atoms with Crippen LogP contribution in [0.4, 0.5) is 11.4 Å². The summed E-state index contributed by atoms with van der Waals surface area (Å²) in [6.07, 6.45) is 15.2. The first-order chi connectivity index (χ1) is 26.4. The van der Waals surface area contributed by atoms with E-state index in [1.54, 1.807) is 0 Å². The molecule has 0 bridgehead atoms. The third-order valence-corrected chi connectivity index (χ3v) is 12.6. The van der Waals surface area contributed by atoms with Gasteiger partial charge in [0.25, 0.3) is 20.2 Å². The van der Waals surface area contributed by atoms with Crippen LogP contribution in [0.2, 0.25) is 0 Å². The van der Waals surface area contributed by atoms with E-state index in [4.69, 9.17) is 9.84 Å². The highest BCUT2D eigenvalue weighted by Gasteiger charge is 2.46. The van der Waals surface area contributed by atoms with Gasteiger partial charge in [0.05, 0.1) is 43.5 Å². The quantitative estimate of drug-likeness (QED) is 0.0336. The maximum Gasteiger partial charge on any atom is 0.303 e. The minimum Gasteiger partial charge on any atom is -0.493 e. The van der Waals surface area contributed by atoms with Crippen LogP contribution in [0.15, 0.2) is 90.7 Å². The van der Waals surface area contributed by atoms with E-state index >= 15 is 0 Å². The fraction of sp³-hybridized carbons (Fsp3) is 0.442. The Morgan fingerprint density at radius 3 is 2.29 bits per heavy atom. The van der Waals surface area contributed by atoms with E-state index in [1.165, 1.54) is 10.9 Å². The number of allylic oxidation sites excluding steroid dienone is 6. The number of likely N-dealkylation sites (N-methyl/N-ethyl adjacent to an activating group) is 1. The van der Waals surface area contributed by atoms with Crippen molar-refractivity contribution in [2.75, 3.05) is 38.8 Å². The molecule has 2 aliphatic heterocycles. The van der Waals surface area contributed by atoms with Gasteiger partial charge in [-0.05, 0) is 87.4 Å². The minimum absolute atomic E-state index is 0.0178.